The molecule has 0 heterocycles. The third-order valence-electron chi connectivity index (χ3n) is 3.30. The van der Waals surface area contributed by atoms with Crippen LogP contribution in [0.2, 0.25) is 0 Å². The van der Waals surface area contributed by atoms with Crippen LogP contribution in [0, 0.1) is 0 Å². The Kier molecular flexibility index (Phi) is 5.74. The first-order chi connectivity index (χ1) is 9.66. The van der Waals surface area contributed by atoms with Gasteiger partial charge < -0.3 is 9.64 Å². The molecule has 0 aromatic heterocycles. The molecule has 0 saturated heterocycles. The van der Waals surface area contributed by atoms with Gasteiger partial charge in [-0.25, -0.2) is 13.6 Å². The Bertz CT molecular complexity index is 611. The zero-order chi connectivity index (χ0) is 16.2. The van der Waals surface area contributed by atoms with Crippen molar-refractivity contribution in [2.45, 2.75) is 31.1 Å². The molecule has 0 fully saturated rings. The molecule has 0 aliphatic rings. The molecule has 7 heteroatoms. The summed E-state index contributed by atoms with van der Waals surface area (Å²) < 4.78 is 28.4. The molecule has 1 aromatic rings. The molecule has 6 nitrogen and oxygen atoms in total. The van der Waals surface area contributed by atoms with Crippen LogP contribution in [-0.2, 0) is 14.8 Å². The predicted molar refractivity (Wildman–Crippen MR) is 80.7 cm³/mol. The molecule has 1 unspecified atom stereocenters. The van der Waals surface area contributed by atoms with Crippen molar-refractivity contribution in [3.63, 3.8) is 0 Å². The standard InChI is InChI=1S/C14H22N2O4S/c1-5-10(2)12-8-11(21(15,18)19)6-7-13(12)20-9-14(17)16(3)4/h6-8,10H,5,9H2,1-4H3,(H2,15,18,19). The number of rotatable bonds is 6. The highest BCUT2D eigenvalue weighted by molar-refractivity contribution is 7.89. The molecule has 0 aliphatic heterocycles. The predicted octanol–water partition coefficient (Wildman–Crippen LogP) is 1.31. The zero-order valence-electron chi connectivity index (χ0n) is 12.8. The number of hydrogen-bond acceptors (Lipinski definition) is 4. The van der Waals surface area contributed by atoms with Crippen LogP contribution >= 0.6 is 0 Å². The van der Waals surface area contributed by atoms with Crippen molar-refractivity contribution in [3.8, 4) is 5.75 Å². The van der Waals surface area contributed by atoms with E-state index in [4.69, 9.17) is 9.88 Å². The van der Waals surface area contributed by atoms with Gasteiger partial charge in [0.1, 0.15) is 5.75 Å². The lowest BCUT2D eigenvalue weighted by Crippen LogP contribution is -2.27. The third kappa shape index (κ3) is 4.71. The van der Waals surface area contributed by atoms with Crippen LogP contribution in [0.15, 0.2) is 23.1 Å². The van der Waals surface area contributed by atoms with Crippen molar-refractivity contribution < 1.29 is 17.9 Å². The van der Waals surface area contributed by atoms with E-state index in [0.29, 0.717) is 5.75 Å². The van der Waals surface area contributed by atoms with Crippen LogP contribution in [0.25, 0.3) is 0 Å². The number of sulfonamides is 1. The van der Waals surface area contributed by atoms with Crippen molar-refractivity contribution in [2.24, 2.45) is 5.14 Å². The molecular weight excluding hydrogens is 292 g/mol. The summed E-state index contributed by atoms with van der Waals surface area (Å²) in [6.07, 6.45) is 0.812. The lowest BCUT2D eigenvalue weighted by atomic mass is 9.98. The number of benzene rings is 1. The van der Waals surface area contributed by atoms with Crippen molar-refractivity contribution in [3.05, 3.63) is 23.8 Å². The van der Waals surface area contributed by atoms with Crippen LogP contribution in [0.5, 0.6) is 5.75 Å². The fourth-order valence-corrected chi connectivity index (χ4v) is 2.26. The first-order valence-electron chi connectivity index (χ1n) is 6.66. The van der Waals surface area contributed by atoms with Crippen molar-refractivity contribution in [1.82, 2.24) is 4.90 Å². The van der Waals surface area contributed by atoms with E-state index in [1.165, 1.54) is 17.0 Å². The Labute approximate surface area is 125 Å². The largest absolute Gasteiger partial charge is 0.483 e. The lowest BCUT2D eigenvalue weighted by molar-refractivity contribution is -0.130. The molecule has 1 atom stereocenters. The second-order valence-electron chi connectivity index (χ2n) is 5.13. The SMILES string of the molecule is CCC(C)c1cc(S(N)(=O)=O)ccc1OCC(=O)N(C)C. The van der Waals surface area contributed by atoms with Crippen LogP contribution in [0.3, 0.4) is 0 Å². The lowest BCUT2D eigenvalue weighted by Gasteiger charge is -2.18. The Morgan fingerprint density at radius 2 is 2.00 bits per heavy atom. The number of ether oxygens (including phenoxy) is 1. The van der Waals surface area contributed by atoms with E-state index in [0.717, 1.165) is 12.0 Å². The van der Waals surface area contributed by atoms with Gasteiger partial charge in [0.25, 0.3) is 5.91 Å². The quantitative estimate of drug-likeness (QED) is 0.857. The number of carbonyl (C=O) groups excluding carboxylic acids is 1. The number of primary sulfonamides is 1. The minimum atomic E-state index is -3.76. The van der Waals surface area contributed by atoms with Crippen molar-refractivity contribution >= 4 is 15.9 Å². The summed E-state index contributed by atoms with van der Waals surface area (Å²) in [5.41, 5.74) is 0.732. The summed E-state index contributed by atoms with van der Waals surface area (Å²) in [5, 5.41) is 5.15. The second kappa shape index (κ2) is 6.91. The van der Waals surface area contributed by atoms with Crippen molar-refractivity contribution in [2.75, 3.05) is 20.7 Å². The number of likely N-dealkylation sites (N-methyl/N-ethyl adjacent to an activating group) is 1. The van der Waals surface area contributed by atoms with Crippen LogP contribution < -0.4 is 9.88 Å². The number of nitrogens with zero attached hydrogens (tertiary/aromatic N) is 1. The fraction of sp³-hybridized carbons (Fsp3) is 0.500. The molecule has 0 saturated carbocycles. The minimum Gasteiger partial charge on any atom is -0.483 e. The molecular formula is C14H22N2O4S. The molecule has 0 radical (unpaired) electrons. The summed E-state index contributed by atoms with van der Waals surface area (Å²) in [4.78, 5) is 13.1. The maximum absolute atomic E-state index is 11.6. The van der Waals surface area contributed by atoms with Gasteiger partial charge in [0.2, 0.25) is 10.0 Å². The molecule has 1 aromatic carbocycles. The van der Waals surface area contributed by atoms with Gasteiger partial charge in [-0.05, 0) is 36.1 Å². The van der Waals surface area contributed by atoms with Crippen LogP contribution in [0.4, 0.5) is 0 Å². The fourth-order valence-electron chi connectivity index (χ4n) is 1.71. The Balaban J connectivity index is 3.11. The first kappa shape index (κ1) is 17.5. The number of nitrogens with two attached hydrogens (primary N) is 1. The Morgan fingerprint density at radius 1 is 1.38 bits per heavy atom. The maximum Gasteiger partial charge on any atom is 0.259 e. The van der Waals surface area contributed by atoms with Gasteiger partial charge in [0, 0.05) is 14.1 Å². The van der Waals surface area contributed by atoms with Gasteiger partial charge in [-0.1, -0.05) is 13.8 Å². The third-order valence-corrected chi connectivity index (χ3v) is 4.21. The monoisotopic (exact) mass is 314 g/mol. The Morgan fingerprint density at radius 3 is 2.48 bits per heavy atom. The van der Waals surface area contributed by atoms with Gasteiger partial charge in [-0.2, -0.15) is 0 Å². The normalized spacial score (nSPS) is 12.8. The summed E-state index contributed by atoms with van der Waals surface area (Å²) in [6, 6.07) is 4.44. The van der Waals surface area contributed by atoms with E-state index >= 15 is 0 Å². The molecule has 21 heavy (non-hydrogen) atoms. The molecule has 0 spiro atoms. The highest BCUT2D eigenvalue weighted by Gasteiger charge is 2.17. The Hall–Kier alpha value is -1.60. The summed E-state index contributed by atoms with van der Waals surface area (Å²) >= 11 is 0. The second-order valence-corrected chi connectivity index (χ2v) is 6.69. The first-order valence-corrected chi connectivity index (χ1v) is 8.21. The van der Waals surface area contributed by atoms with Gasteiger partial charge in [0.15, 0.2) is 6.61 Å². The van der Waals surface area contributed by atoms with Crippen molar-refractivity contribution in [1.29, 1.82) is 0 Å². The highest BCUT2D eigenvalue weighted by atomic mass is 32.2. The van der Waals surface area contributed by atoms with Gasteiger partial charge in [-0.3, -0.25) is 4.79 Å². The number of carbonyl (C=O) groups is 1. The summed E-state index contributed by atoms with van der Waals surface area (Å²) in [6.45, 7) is 3.86. The summed E-state index contributed by atoms with van der Waals surface area (Å²) in [7, 11) is -0.471. The molecule has 1 rings (SSSR count). The molecule has 1 amide bonds. The smallest absolute Gasteiger partial charge is 0.259 e. The number of amides is 1. The average Bonchev–Trinajstić information content (AvgIpc) is 2.42. The molecule has 0 bridgehead atoms. The average molecular weight is 314 g/mol. The molecule has 0 aliphatic carbocycles. The van der Waals surface area contributed by atoms with E-state index in [9.17, 15) is 13.2 Å². The minimum absolute atomic E-state index is 0.0455. The van der Waals surface area contributed by atoms with Gasteiger partial charge >= 0.3 is 0 Å². The van der Waals surface area contributed by atoms with E-state index < -0.39 is 10.0 Å². The summed E-state index contributed by atoms with van der Waals surface area (Å²) in [5.74, 6) is 0.434. The van der Waals surface area contributed by atoms with Gasteiger partial charge in [0.05, 0.1) is 4.90 Å². The van der Waals surface area contributed by atoms with Gasteiger partial charge in [-0.15, -0.1) is 0 Å². The molecule has 118 valence electrons. The van der Waals surface area contributed by atoms with E-state index in [1.54, 1.807) is 20.2 Å². The number of hydrogen-bond donors (Lipinski definition) is 1. The zero-order valence-corrected chi connectivity index (χ0v) is 13.6. The van der Waals surface area contributed by atoms with Crippen LogP contribution in [-0.4, -0.2) is 39.9 Å². The van der Waals surface area contributed by atoms with E-state index in [1.807, 2.05) is 13.8 Å². The highest BCUT2D eigenvalue weighted by Crippen LogP contribution is 2.30. The van der Waals surface area contributed by atoms with E-state index in [2.05, 4.69) is 0 Å². The molecule has 2 N–H and O–H groups in total. The topological polar surface area (TPSA) is 89.7 Å². The van der Waals surface area contributed by atoms with E-state index in [-0.39, 0.29) is 23.3 Å². The maximum atomic E-state index is 11.6. The van der Waals surface area contributed by atoms with Crippen LogP contribution in [0.1, 0.15) is 31.7 Å².